The smallest absolute Gasteiger partial charge is 0.247 e. The SMILES string of the molecule is CCCNCc1nnc(-c2cccc(OC(C)C)c2)o1. The maximum absolute atomic E-state index is 5.66. The van der Waals surface area contributed by atoms with Crippen LogP contribution >= 0.6 is 0 Å². The third-order valence-electron chi connectivity index (χ3n) is 2.62. The van der Waals surface area contributed by atoms with Crippen LogP contribution in [0.4, 0.5) is 0 Å². The predicted molar refractivity (Wildman–Crippen MR) is 77.5 cm³/mol. The van der Waals surface area contributed by atoms with Gasteiger partial charge < -0.3 is 14.5 Å². The molecule has 20 heavy (non-hydrogen) atoms. The van der Waals surface area contributed by atoms with Crippen molar-refractivity contribution in [1.82, 2.24) is 15.5 Å². The molecule has 1 N–H and O–H groups in total. The summed E-state index contributed by atoms with van der Waals surface area (Å²) in [5.74, 6) is 1.93. The summed E-state index contributed by atoms with van der Waals surface area (Å²) in [4.78, 5) is 0. The van der Waals surface area contributed by atoms with E-state index < -0.39 is 0 Å². The van der Waals surface area contributed by atoms with Crippen molar-refractivity contribution < 1.29 is 9.15 Å². The van der Waals surface area contributed by atoms with Gasteiger partial charge in [-0.2, -0.15) is 0 Å². The van der Waals surface area contributed by atoms with Gasteiger partial charge >= 0.3 is 0 Å². The van der Waals surface area contributed by atoms with Crippen molar-refractivity contribution in [2.24, 2.45) is 0 Å². The third kappa shape index (κ3) is 4.06. The maximum atomic E-state index is 5.66. The van der Waals surface area contributed by atoms with E-state index in [2.05, 4.69) is 22.4 Å². The number of nitrogens with zero attached hydrogens (tertiary/aromatic N) is 2. The quantitative estimate of drug-likeness (QED) is 0.787. The normalized spacial score (nSPS) is 11.0. The molecule has 5 nitrogen and oxygen atoms in total. The Morgan fingerprint density at radius 2 is 2.15 bits per heavy atom. The molecular weight excluding hydrogens is 254 g/mol. The number of rotatable bonds is 7. The van der Waals surface area contributed by atoms with Crippen LogP contribution < -0.4 is 10.1 Å². The molecule has 0 saturated heterocycles. The second-order valence-electron chi connectivity index (χ2n) is 4.87. The molecule has 0 saturated carbocycles. The van der Waals surface area contributed by atoms with Gasteiger partial charge in [0, 0.05) is 5.56 Å². The fourth-order valence-corrected chi connectivity index (χ4v) is 1.79. The highest BCUT2D eigenvalue weighted by Crippen LogP contribution is 2.23. The molecule has 0 aliphatic rings. The van der Waals surface area contributed by atoms with E-state index in [1.165, 1.54) is 0 Å². The number of hydrogen-bond donors (Lipinski definition) is 1. The molecule has 1 aromatic heterocycles. The predicted octanol–water partition coefficient (Wildman–Crippen LogP) is 3.02. The minimum absolute atomic E-state index is 0.141. The summed E-state index contributed by atoms with van der Waals surface area (Å²) in [6.45, 7) is 7.65. The molecule has 0 radical (unpaired) electrons. The highest BCUT2D eigenvalue weighted by atomic mass is 16.5. The highest BCUT2D eigenvalue weighted by molar-refractivity contribution is 5.55. The molecule has 108 valence electrons. The Bertz CT molecular complexity index is 537. The van der Waals surface area contributed by atoms with Crippen LogP contribution in [0.25, 0.3) is 11.5 Å². The van der Waals surface area contributed by atoms with Gasteiger partial charge in [0.1, 0.15) is 5.75 Å². The zero-order valence-electron chi connectivity index (χ0n) is 12.2. The van der Waals surface area contributed by atoms with Gasteiger partial charge in [0.2, 0.25) is 11.8 Å². The Morgan fingerprint density at radius 3 is 2.90 bits per heavy atom. The summed E-state index contributed by atoms with van der Waals surface area (Å²) >= 11 is 0. The lowest BCUT2D eigenvalue weighted by Gasteiger charge is -2.09. The molecule has 0 spiro atoms. The van der Waals surface area contributed by atoms with E-state index in [1.807, 2.05) is 38.1 Å². The van der Waals surface area contributed by atoms with Crippen LogP contribution in [0.1, 0.15) is 33.1 Å². The second kappa shape index (κ2) is 7.05. The Balaban J connectivity index is 2.07. The monoisotopic (exact) mass is 275 g/mol. The van der Waals surface area contributed by atoms with Crippen LogP contribution in [-0.4, -0.2) is 22.8 Å². The van der Waals surface area contributed by atoms with Crippen molar-refractivity contribution in [2.75, 3.05) is 6.54 Å². The van der Waals surface area contributed by atoms with E-state index >= 15 is 0 Å². The summed E-state index contributed by atoms with van der Waals surface area (Å²) in [5, 5.41) is 11.3. The topological polar surface area (TPSA) is 60.2 Å². The lowest BCUT2D eigenvalue weighted by Crippen LogP contribution is -2.13. The van der Waals surface area contributed by atoms with Gasteiger partial charge in [-0.05, 0) is 45.0 Å². The van der Waals surface area contributed by atoms with Crippen molar-refractivity contribution in [2.45, 2.75) is 39.8 Å². The van der Waals surface area contributed by atoms with Crippen LogP contribution in [0.3, 0.4) is 0 Å². The number of nitrogens with one attached hydrogen (secondary N) is 1. The van der Waals surface area contributed by atoms with Crippen LogP contribution in [-0.2, 0) is 6.54 Å². The van der Waals surface area contributed by atoms with Gasteiger partial charge in [0.05, 0.1) is 12.6 Å². The summed E-state index contributed by atoms with van der Waals surface area (Å²) in [6.07, 6.45) is 1.22. The van der Waals surface area contributed by atoms with E-state index in [0.717, 1.165) is 24.3 Å². The first-order chi connectivity index (χ1) is 9.69. The summed E-state index contributed by atoms with van der Waals surface area (Å²) in [7, 11) is 0. The molecule has 2 aromatic rings. The highest BCUT2D eigenvalue weighted by Gasteiger charge is 2.09. The first kappa shape index (κ1) is 14.5. The molecule has 0 unspecified atom stereocenters. The molecule has 1 heterocycles. The van der Waals surface area contributed by atoms with E-state index in [4.69, 9.17) is 9.15 Å². The van der Waals surface area contributed by atoms with Crippen LogP contribution in [0.5, 0.6) is 5.75 Å². The lowest BCUT2D eigenvalue weighted by molar-refractivity contribution is 0.242. The van der Waals surface area contributed by atoms with Crippen LogP contribution in [0.15, 0.2) is 28.7 Å². The molecule has 0 bridgehead atoms. The number of ether oxygens (including phenoxy) is 1. The molecule has 1 aromatic carbocycles. The molecule has 2 rings (SSSR count). The number of benzene rings is 1. The minimum Gasteiger partial charge on any atom is -0.491 e. The number of hydrogen-bond acceptors (Lipinski definition) is 5. The van der Waals surface area contributed by atoms with E-state index in [0.29, 0.717) is 18.3 Å². The fourth-order valence-electron chi connectivity index (χ4n) is 1.79. The number of aromatic nitrogens is 2. The van der Waals surface area contributed by atoms with Gasteiger partial charge in [0.15, 0.2) is 0 Å². The van der Waals surface area contributed by atoms with Gasteiger partial charge in [0.25, 0.3) is 0 Å². The second-order valence-corrected chi connectivity index (χ2v) is 4.87. The molecule has 0 fully saturated rings. The van der Waals surface area contributed by atoms with Crippen molar-refractivity contribution in [1.29, 1.82) is 0 Å². The van der Waals surface area contributed by atoms with Gasteiger partial charge in [-0.15, -0.1) is 10.2 Å². The Kier molecular flexibility index (Phi) is 5.12. The van der Waals surface area contributed by atoms with Crippen molar-refractivity contribution >= 4 is 0 Å². The molecule has 5 heteroatoms. The van der Waals surface area contributed by atoms with Gasteiger partial charge in [-0.1, -0.05) is 13.0 Å². The largest absolute Gasteiger partial charge is 0.491 e. The first-order valence-corrected chi connectivity index (χ1v) is 6.99. The fraction of sp³-hybridized carbons (Fsp3) is 0.467. The van der Waals surface area contributed by atoms with E-state index in [-0.39, 0.29) is 6.10 Å². The van der Waals surface area contributed by atoms with Crippen molar-refractivity contribution in [3.8, 4) is 17.2 Å². The zero-order valence-corrected chi connectivity index (χ0v) is 12.2. The maximum Gasteiger partial charge on any atom is 0.247 e. The Hall–Kier alpha value is -1.88. The van der Waals surface area contributed by atoms with Gasteiger partial charge in [-0.25, -0.2) is 0 Å². The molecular formula is C15H21N3O2. The summed E-state index contributed by atoms with van der Waals surface area (Å²) in [6, 6.07) is 7.69. The van der Waals surface area contributed by atoms with E-state index in [1.54, 1.807) is 0 Å². The Morgan fingerprint density at radius 1 is 1.30 bits per heavy atom. The summed E-state index contributed by atoms with van der Waals surface area (Å²) in [5.41, 5.74) is 0.873. The standard InChI is InChI=1S/C15H21N3O2/c1-4-8-16-10-14-17-18-15(20-14)12-6-5-7-13(9-12)19-11(2)3/h5-7,9,11,16H,4,8,10H2,1-3H3. The van der Waals surface area contributed by atoms with Gasteiger partial charge in [-0.3, -0.25) is 0 Å². The summed E-state index contributed by atoms with van der Waals surface area (Å²) < 4.78 is 11.3. The third-order valence-corrected chi connectivity index (χ3v) is 2.62. The minimum atomic E-state index is 0.141. The van der Waals surface area contributed by atoms with Crippen LogP contribution in [0, 0.1) is 0 Å². The van der Waals surface area contributed by atoms with Crippen molar-refractivity contribution in [3.05, 3.63) is 30.2 Å². The average molecular weight is 275 g/mol. The zero-order chi connectivity index (χ0) is 14.4. The average Bonchev–Trinajstić information content (AvgIpc) is 2.87. The first-order valence-electron chi connectivity index (χ1n) is 6.99. The molecule has 0 aliphatic heterocycles. The molecule has 0 amide bonds. The Labute approximate surface area is 119 Å². The molecule has 0 aliphatic carbocycles. The van der Waals surface area contributed by atoms with E-state index in [9.17, 15) is 0 Å². The van der Waals surface area contributed by atoms with Crippen LogP contribution in [0.2, 0.25) is 0 Å². The lowest BCUT2D eigenvalue weighted by atomic mass is 10.2. The van der Waals surface area contributed by atoms with Crippen molar-refractivity contribution in [3.63, 3.8) is 0 Å². The molecule has 0 atom stereocenters.